The van der Waals surface area contributed by atoms with Crippen LogP contribution < -0.4 is 5.32 Å². The molecule has 1 aliphatic rings. The van der Waals surface area contributed by atoms with Crippen LogP contribution in [0.4, 0.5) is 0 Å². The molecular formula is C12H16N2OS2. The minimum absolute atomic E-state index is 0.0947. The van der Waals surface area contributed by atoms with Gasteiger partial charge in [-0.15, -0.1) is 11.3 Å². The third kappa shape index (κ3) is 3.04. The molecule has 0 aromatic carbocycles. The van der Waals surface area contributed by atoms with E-state index >= 15 is 0 Å². The average Bonchev–Trinajstić information content (AvgIpc) is 2.82. The quantitative estimate of drug-likeness (QED) is 0.795. The van der Waals surface area contributed by atoms with Crippen molar-refractivity contribution in [3.8, 4) is 0 Å². The summed E-state index contributed by atoms with van der Waals surface area (Å²) in [5.74, 6) is -0.0947. The van der Waals surface area contributed by atoms with E-state index in [-0.39, 0.29) is 5.91 Å². The van der Waals surface area contributed by atoms with Crippen LogP contribution in [0, 0.1) is 0 Å². The zero-order valence-electron chi connectivity index (χ0n) is 9.81. The molecule has 17 heavy (non-hydrogen) atoms. The monoisotopic (exact) mass is 268 g/mol. The number of nitrogens with one attached hydrogen (secondary N) is 1. The Hall–Kier alpha value is -0.940. The van der Waals surface area contributed by atoms with E-state index in [0.717, 1.165) is 19.4 Å². The van der Waals surface area contributed by atoms with Crippen molar-refractivity contribution in [1.82, 2.24) is 10.2 Å². The van der Waals surface area contributed by atoms with Crippen molar-refractivity contribution < 1.29 is 4.79 Å². The summed E-state index contributed by atoms with van der Waals surface area (Å²) in [6, 6.07) is 4.11. The molecule has 0 saturated carbocycles. The SMILES string of the molecule is C[C@@H]1CCCCN1C(=S)NC(=O)c1cccs1. The Labute approximate surface area is 111 Å². The van der Waals surface area contributed by atoms with Crippen LogP contribution in [-0.4, -0.2) is 28.5 Å². The number of likely N-dealkylation sites (tertiary alicyclic amines) is 1. The molecule has 1 fully saturated rings. The molecule has 5 heteroatoms. The Morgan fingerprint density at radius 3 is 3.06 bits per heavy atom. The van der Waals surface area contributed by atoms with Gasteiger partial charge in [-0.05, 0) is 49.9 Å². The first-order valence-corrected chi connectivity index (χ1v) is 7.12. The average molecular weight is 268 g/mol. The second kappa shape index (κ2) is 5.60. The van der Waals surface area contributed by atoms with Crippen molar-refractivity contribution in [1.29, 1.82) is 0 Å². The van der Waals surface area contributed by atoms with Crippen LogP contribution in [0.25, 0.3) is 0 Å². The molecule has 1 aromatic rings. The molecule has 92 valence electrons. The van der Waals surface area contributed by atoms with Gasteiger partial charge in [0, 0.05) is 12.6 Å². The van der Waals surface area contributed by atoms with Gasteiger partial charge in [-0.25, -0.2) is 0 Å². The highest BCUT2D eigenvalue weighted by Gasteiger charge is 2.22. The number of nitrogens with zero attached hydrogens (tertiary/aromatic N) is 1. The third-order valence-electron chi connectivity index (χ3n) is 3.03. The molecule has 1 atom stereocenters. The number of carbonyl (C=O) groups is 1. The lowest BCUT2D eigenvalue weighted by molar-refractivity contribution is 0.0974. The van der Waals surface area contributed by atoms with E-state index in [2.05, 4.69) is 17.1 Å². The molecule has 0 aliphatic carbocycles. The summed E-state index contributed by atoms with van der Waals surface area (Å²) >= 11 is 6.73. The number of rotatable bonds is 1. The maximum atomic E-state index is 11.9. The first-order chi connectivity index (χ1) is 8.18. The molecule has 2 heterocycles. The van der Waals surface area contributed by atoms with Crippen molar-refractivity contribution in [2.45, 2.75) is 32.2 Å². The Morgan fingerprint density at radius 2 is 2.41 bits per heavy atom. The van der Waals surface area contributed by atoms with Gasteiger partial charge in [-0.3, -0.25) is 10.1 Å². The normalized spacial score (nSPS) is 20.1. The van der Waals surface area contributed by atoms with Gasteiger partial charge in [0.1, 0.15) is 0 Å². The molecule has 1 amide bonds. The summed E-state index contributed by atoms with van der Waals surface area (Å²) in [7, 11) is 0. The van der Waals surface area contributed by atoms with E-state index in [1.54, 1.807) is 0 Å². The highest BCUT2D eigenvalue weighted by molar-refractivity contribution is 7.80. The van der Waals surface area contributed by atoms with Gasteiger partial charge < -0.3 is 4.90 Å². The largest absolute Gasteiger partial charge is 0.346 e. The lowest BCUT2D eigenvalue weighted by Crippen LogP contribution is -2.48. The molecule has 1 saturated heterocycles. The molecule has 0 unspecified atom stereocenters. The van der Waals surface area contributed by atoms with Crippen molar-refractivity contribution in [3.63, 3.8) is 0 Å². The molecule has 0 radical (unpaired) electrons. The van der Waals surface area contributed by atoms with Gasteiger partial charge in [0.05, 0.1) is 4.88 Å². The number of carbonyl (C=O) groups excluding carboxylic acids is 1. The topological polar surface area (TPSA) is 32.3 Å². The number of hydrogen-bond acceptors (Lipinski definition) is 3. The fraction of sp³-hybridized carbons (Fsp3) is 0.500. The fourth-order valence-corrected chi connectivity index (χ4v) is 3.02. The smallest absolute Gasteiger partial charge is 0.267 e. The standard InChI is InChI=1S/C12H16N2OS2/c1-9-5-2-3-7-14(9)12(16)13-11(15)10-6-4-8-17-10/h4,6,8-9H,2-3,5,7H2,1H3,(H,13,15,16)/t9-/m1/s1. The summed E-state index contributed by atoms with van der Waals surface area (Å²) in [5.41, 5.74) is 0. The first kappa shape index (κ1) is 12.5. The van der Waals surface area contributed by atoms with Crippen LogP contribution in [0.5, 0.6) is 0 Å². The van der Waals surface area contributed by atoms with Gasteiger partial charge in [0.25, 0.3) is 5.91 Å². The van der Waals surface area contributed by atoms with E-state index < -0.39 is 0 Å². The molecule has 2 rings (SSSR count). The highest BCUT2D eigenvalue weighted by atomic mass is 32.1. The minimum atomic E-state index is -0.0947. The minimum Gasteiger partial charge on any atom is -0.346 e. The lowest BCUT2D eigenvalue weighted by atomic mass is 10.0. The Kier molecular flexibility index (Phi) is 4.12. The second-order valence-corrected chi connectivity index (χ2v) is 5.61. The maximum absolute atomic E-state index is 11.9. The number of piperidine rings is 1. The van der Waals surface area contributed by atoms with Crippen molar-refractivity contribution in [2.24, 2.45) is 0 Å². The molecule has 1 aromatic heterocycles. The van der Waals surface area contributed by atoms with E-state index in [1.807, 2.05) is 17.5 Å². The third-order valence-corrected chi connectivity index (χ3v) is 4.23. The van der Waals surface area contributed by atoms with E-state index in [9.17, 15) is 4.79 Å². The molecule has 3 nitrogen and oxygen atoms in total. The van der Waals surface area contributed by atoms with Gasteiger partial charge in [-0.1, -0.05) is 6.07 Å². The van der Waals surface area contributed by atoms with E-state index in [4.69, 9.17) is 12.2 Å². The zero-order chi connectivity index (χ0) is 12.3. The Morgan fingerprint density at radius 1 is 1.59 bits per heavy atom. The van der Waals surface area contributed by atoms with E-state index in [0.29, 0.717) is 16.0 Å². The summed E-state index contributed by atoms with van der Waals surface area (Å²) in [5, 5.41) is 5.27. The van der Waals surface area contributed by atoms with Crippen LogP contribution in [0.2, 0.25) is 0 Å². The molecule has 1 aliphatic heterocycles. The number of thiocarbonyl (C=S) groups is 1. The predicted molar refractivity (Wildman–Crippen MR) is 74.4 cm³/mol. The van der Waals surface area contributed by atoms with Crippen LogP contribution in [-0.2, 0) is 0 Å². The van der Waals surface area contributed by atoms with Gasteiger partial charge in [-0.2, -0.15) is 0 Å². The van der Waals surface area contributed by atoms with Crippen LogP contribution in [0.3, 0.4) is 0 Å². The van der Waals surface area contributed by atoms with Crippen molar-refractivity contribution in [3.05, 3.63) is 22.4 Å². The summed E-state index contributed by atoms with van der Waals surface area (Å²) < 4.78 is 0. The summed E-state index contributed by atoms with van der Waals surface area (Å²) in [6.45, 7) is 3.10. The van der Waals surface area contributed by atoms with Crippen LogP contribution in [0.15, 0.2) is 17.5 Å². The summed E-state index contributed by atoms with van der Waals surface area (Å²) in [4.78, 5) is 14.7. The van der Waals surface area contributed by atoms with E-state index in [1.165, 1.54) is 17.8 Å². The highest BCUT2D eigenvalue weighted by Crippen LogP contribution is 2.16. The number of hydrogen-bond donors (Lipinski definition) is 1. The second-order valence-electron chi connectivity index (χ2n) is 4.27. The van der Waals surface area contributed by atoms with Gasteiger partial charge >= 0.3 is 0 Å². The van der Waals surface area contributed by atoms with Crippen LogP contribution in [0.1, 0.15) is 35.9 Å². The summed E-state index contributed by atoms with van der Waals surface area (Å²) in [6.07, 6.45) is 3.55. The number of amides is 1. The number of thiophene rings is 1. The molecule has 0 spiro atoms. The Balaban J connectivity index is 1.94. The van der Waals surface area contributed by atoms with Gasteiger partial charge in [0.2, 0.25) is 0 Å². The molecular weight excluding hydrogens is 252 g/mol. The predicted octanol–water partition coefficient (Wildman–Crippen LogP) is 2.64. The first-order valence-electron chi connectivity index (χ1n) is 5.84. The lowest BCUT2D eigenvalue weighted by Gasteiger charge is -2.35. The Bertz CT molecular complexity index is 403. The molecule has 0 bridgehead atoms. The van der Waals surface area contributed by atoms with Crippen molar-refractivity contribution >= 4 is 34.6 Å². The van der Waals surface area contributed by atoms with Gasteiger partial charge in [0.15, 0.2) is 5.11 Å². The van der Waals surface area contributed by atoms with Crippen LogP contribution >= 0.6 is 23.6 Å². The fourth-order valence-electron chi connectivity index (χ4n) is 2.04. The zero-order valence-corrected chi connectivity index (χ0v) is 11.4. The van der Waals surface area contributed by atoms with Crippen molar-refractivity contribution in [2.75, 3.05) is 6.54 Å². The maximum Gasteiger partial charge on any atom is 0.267 e. The molecule has 1 N–H and O–H groups in total.